The third kappa shape index (κ3) is 2.28. The zero-order valence-electron chi connectivity index (χ0n) is 8.93. The minimum absolute atomic E-state index is 0.250. The molecule has 0 radical (unpaired) electrons. The number of anilines is 1. The molecule has 1 aliphatic heterocycles. The molecule has 0 bridgehead atoms. The van der Waals surface area contributed by atoms with Crippen LogP contribution in [0.25, 0.3) is 0 Å². The molecule has 1 aliphatic rings. The SMILES string of the molecule is CC1=C(C(=O)Nc2ccccc2)N=CCO1. The molecular weight excluding hydrogens is 204 g/mol. The molecule has 1 aromatic carbocycles. The maximum atomic E-state index is 11.8. The van der Waals surface area contributed by atoms with E-state index in [1.807, 2.05) is 30.3 Å². The molecule has 2 rings (SSSR count). The summed E-state index contributed by atoms with van der Waals surface area (Å²) in [6.07, 6.45) is 1.58. The molecule has 1 aromatic rings. The average Bonchev–Trinajstić information content (AvgIpc) is 2.31. The second-order valence-corrected chi connectivity index (χ2v) is 3.35. The maximum Gasteiger partial charge on any atom is 0.277 e. The fourth-order valence-corrected chi connectivity index (χ4v) is 1.38. The van der Waals surface area contributed by atoms with Crippen molar-refractivity contribution in [3.63, 3.8) is 0 Å². The Balaban J connectivity index is 2.12. The Kier molecular flexibility index (Phi) is 3.00. The van der Waals surface area contributed by atoms with E-state index in [0.717, 1.165) is 5.69 Å². The number of rotatable bonds is 2. The number of hydrogen-bond donors (Lipinski definition) is 1. The second kappa shape index (κ2) is 4.61. The molecule has 0 saturated heterocycles. The summed E-state index contributed by atoms with van der Waals surface area (Å²) in [6, 6.07) is 9.25. The van der Waals surface area contributed by atoms with Crippen LogP contribution < -0.4 is 5.32 Å². The highest BCUT2D eigenvalue weighted by molar-refractivity contribution is 6.04. The minimum atomic E-state index is -0.250. The van der Waals surface area contributed by atoms with E-state index in [1.54, 1.807) is 13.1 Å². The zero-order chi connectivity index (χ0) is 11.4. The predicted octanol–water partition coefficient (Wildman–Crippen LogP) is 1.96. The Morgan fingerprint density at radius 1 is 1.38 bits per heavy atom. The van der Waals surface area contributed by atoms with Gasteiger partial charge in [-0.25, -0.2) is 4.99 Å². The van der Waals surface area contributed by atoms with E-state index in [4.69, 9.17) is 4.74 Å². The number of para-hydroxylation sites is 1. The lowest BCUT2D eigenvalue weighted by Crippen LogP contribution is -2.18. The van der Waals surface area contributed by atoms with Crippen LogP contribution in [0.15, 0.2) is 46.8 Å². The summed E-state index contributed by atoms with van der Waals surface area (Å²) in [6.45, 7) is 2.16. The van der Waals surface area contributed by atoms with Crippen molar-refractivity contribution >= 4 is 17.8 Å². The predicted molar refractivity (Wildman–Crippen MR) is 62.2 cm³/mol. The quantitative estimate of drug-likeness (QED) is 0.821. The van der Waals surface area contributed by atoms with Crippen LogP contribution in [0.5, 0.6) is 0 Å². The number of carbonyl (C=O) groups excluding carboxylic acids is 1. The smallest absolute Gasteiger partial charge is 0.277 e. The number of nitrogens with one attached hydrogen (secondary N) is 1. The van der Waals surface area contributed by atoms with Gasteiger partial charge in [-0.05, 0) is 19.1 Å². The first-order chi connectivity index (χ1) is 7.77. The molecular formula is C12H12N2O2. The van der Waals surface area contributed by atoms with Gasteiger partial charge in [0.1, 0.15) is 12.4 Å². The summed E-state index contributed by atoms with van der Waals surface area (Å²) in [5.74, 6) is 0.301. The van der Waals surface area contributed by atoms with Gasteiger partial charge in [-0.2, -0.15) is 0 Å². The van der Waals surface area contributed by atoms with Gasteiger partial charge >= 0.3 is 0 Å². The van der Waals surface area contributed by atoms with Crippen molar-refractivity contribution in [2.24, 2.45) is 4.99 Å². The number of amides is 1. The highest BCUT2D eigenvalue weighted by atomic mass is 16.5. The van der Waals surface area contributed by atoms with Crippen LogP contribution in [0.1, 0.15) is 6.92 Å². The molecule has 0 aromatic heterocycles. The largest absolute Gasteiger partial charge is 0.490 e. The Morgan fingerprint density at radius 2 is 2.12 bits per heavy atom. The van der Waals surface area contributed by atoms with E-state index in [9.17, 15) is 4.79 Å². The van der Waals surface area contributed by atoms with Gasteiger partial charge < -0.3 is 10.1 Å². The van der Waals surface area contributed by atoms with Crippen LogP contribution in [0, 0.1) is 0 Å². The van der Waals surface area contributed by atoms with Crippen molar-refractivity contribution in [3.05, 3.63) is 41.8 Å². The van der Waals surface area contributed by atoms with Crippen LogP contribution in [-0.4, -0.2) is 18.7 Å². The molecule has 4 heteroatoms. The molecule has 16 heavy (non-hydrogen) atoms. The summed E-state index contributed by atoms with van der Waals surface area (Å²) in [4.78, 5) is 15.8. The van der Waals surface area contributed by atoms with Crippen LogP contribution >= 0.6 is 0 Å². The highest BCUT2D eigenvalue weighted by Crippen LogP contribution is 2.14. The summed E-state index contributed by atoms with van der Waals surface area (Å²) in [7, 11) is 0. The van der Waals surface area contributed by atoms with Gasteiger partial charge in [-0.15, -0.1) is 0 Å². The minimum Gasteiger partial charge on any atom is -0.490 e. The van der Waals surface area contributed by atoms with Gasteiger partial charge in [0.25, 0.3) is 5.91 Å². The molecule has 82 valence electrons. The second-order valence-electron chi connectivity index (χ2n) is 3.35. The van der Waals surface area contributed by atoms with E-state index < -0.39 is 0 Å². The van der Waals surface area contributed by atoms with Crippen molar-refractivity contribution in [2.45, 2.75) is 6.92 Å². The first kappa shape index (κ1) is 10.4. The summed E-state index contributed by atoms with van der Waals surface area (Å²) < 4.78 is 5.22. The van der Waals surface area contributed by atoms with E-state index in [2.05, 4.69) is 10.3 Å². The van der Waals surface area contributed by atoms with Crippen LogP contribution in [-0.2, 0) is 9.53 Å². The van der Waals surface area contributed by atoms with Gasteiger partial charge in [-0.3, -0.25) is 4.79 Å². The van der Waals surface area contributed by atoms with Crippen molar-refractivity contribution in [1.82, 2.24) is 0 Å². The maximum absolute atomic E-state index is 11.8. The molecule has 0 saturated carbocycles. The Hall–Kier alpha value is -2.10. The van der Waals surface area contributed by atoms with Crippen molar-refractivity contribution in [1.29, 1.82) is 0 Å². The summed E-state index contributed by atoms with van der Waals surface area (Å²) in [5, 5.41) is 2.75. The van der Waals surface area contributed by atoms with Gasteiger partial charge in [-0.1, -0.05) is 18.2 Å². The van der Waals surface area contributed by atoms with E-state index in [1.165, 1.54) is 0 Å². The number of carbonyl (C=O) groups is 1. The van der Waals surface area contributed by atoms with Crippen molar-refractivity contribution < 1.29 is 9.53 Å². The lowest BCUT2D eigenvalue weighted by atomic mass is 10.3. The molecule has 1 heterocycles. The van der Waals surface area contributed by atoms with E-state index >= 15 is 0 Å². The number of benzene rings is 1. The summed E-state index contributed by atoms with van der Waals surface area (Å²) in [5.41, 5.74) is 1.07. The number of hydrogen-bond acceptors (Lipinski definition) is 3. The van der Waals surface area contributed by atoms with Gasteiger partial charge in [0, 0.05) is 11.9 Å². The molecule has 4 nitrogen and oxygen atoms in total. The molecule has 1 N–H and O–H groups in total. The molecule has 0 atom stereocenters. The Morgan fingerprint density at radius 3 is 2.81 bits per heavy atom. The average molecular weight is 216 g/mol. The topological polar surface area (TPSA) is 50.7 Å². The van der Waals surface area contributed by atoms with Crippen molar-refractivity contribution in [3.8, 4) is 0 Å². The number of aliphatic imine (C=N–C) groups is 1. The Bertz CT molecular complexity index is 449. The van der Waals surface area contributed by atoms with E-state index in [-0.39, 0.29) is 5.91 Å². The fourth-order valence-electron chi connectivity index (χ4n) is 1.38. The molecule has 1 amide bonds. The lowest BCUT2D eigenvalue weighted by Gasteiger charge is -2.12. The Labute approximate surface area is 93.6 Å². The van der Waals surface area contributed by atoms with Gasteiger partial charge in [0.15, 0.2) is 5.70 Å². The van der Waals surface area contributed by atoms with Gasteiger partial charge in [0.2, 0.25) is 0 Å². The highest BCUT2D eigenvalue weighted by Gasteiger charge is 2.15. The van der Waals surface area contributed by atoms with E-state index in [0.29, 0.717) is 18.1 Å². The normalized spacial score (nSPS) is 14.6. The zero-order valence-corrected chi connectivity index (χ0v) is 8.93. The fraction of sp³-hybridized carbons (Fsp3) is 0.167. The van der Waals surface area contributed by atoms with Crippen LogP contribution in [0.3, 0.4) is 0 Å². The first-order valence-corrected chi connectivity index (χ1v) is 5.00. The van der Waals surface area contributed by atoms with Crippen LogP contribution in [0.2, 0.25) is 0 Å². The van der Waals surface area contributed by atoms with Gasteiger partial charge in [0.05, 0.1) is 0 Å². The third-order valence-electron chi connectivity index (χ3n) is 2.17. The lowest BCUT2D eigenvalue weighted by molar-refractivity contribution is -0.113. The standard InChI is InChI=1S/C12H12N2O2/c1-9-11(13-7-8-16-9)12(15)14-10-5-3-2-4-6-10/h2-7H,8H2,1H3,(H,14,15). The monoisotopic (exact) mass is 216 g/mol. The molecule has 0 aliphatic carbocycles. The van der Waals surface area contributed by atoms with Crippen LogP contribution in [0.4, 0.5) is 5.69 Å². The number of allylic oxidation sites excluding steroid dienone is 1. The molecule has 0 unspecified atom stereocenters. The molecule has 0 fully saturated rings. The summed E-state index contributed by atoms with van der Waals surface area (Å²) >= 11 is 0. The van der Waals surface area contributed by atoms with Crippen molar-refractivity contribution in [2.75, 3.05) is 11.9 Å². The number of nitrogens with zero attached hydrogens (tertiary/aromatic N) is 1. The third-order valence-corrected chi connectivity index (χ3v) is 2.17. The number of ether oxygens (including phenoxy) is 1. The first-order valence-electron chi connectivity index (χ1n) is 5.00. The molecule has 0 spiro atoms.